The second-order valence-corrected chi connectivity index (χ2v) is 5.24. The summed E-state index contributed by atoms with van der Waals surface area (Å²) >= 11 is 0. The fourth-order valence-electron chi connectivity index (χ4n) is 1.92. The molecule has 1 atom stereocenters. The summed E-state index contributed by atoms with van der Waals surface area (Å²) in [4.78, 5) is 11.6. The number of hydrogen-bond donors (Lipinski definition) is 2. The quantitative estimate of drug-likeness (QED) is 0.703. The molecule has 0 aliphatic heterocycles. The van der Waals surface area contributed by atoms with E-state index < -0.39 is 0 Å². The molecule has 0 heterocycles. The van der Waals surface area contributed by atoms with Gasteiger partial charge in [-0.2, -0.15) is 0 Å². The number of carbonyl (C=O) groups excluding carboxylic acids is 1. The molecule has 0 spiro atoms. The van der Waals surface area contributed by atoms with Crippen LogP contribution < -0.4 is 11.1 Å². The van der Waals surface area contributed by atoms with E-state index in [2.05, 4.69) is 12.2 Å². The van der Waals surface area contributed by atoms with Gasteiger partial charge in [0.05, 0.1) is 6.04 Å². The van der Waals surface area contributed by atoms with Gasteiger partial charge in [-0.15, -0.1) is 0 Å². The normalized spacial score (nSPS) is 20.1. The van der Waals surface area contributed by atoms with Crippen molar-refractivity contribution in [3.8, 4) is 0 Å². The predicted octanol–water partition coefficient (Wildman–Crippen LogP) is 1.67. The Bertz CT molecular complexity index is 222. The smallest absolute Gasteiger partial charge is 0.237 e. The van der Waals surface area contributed by atoms with Gasteiger partial charge in [-0.3, -0.25) is 4.79 Å². The van der Waals surface area contributed by atoms with Gasteiger partial charge < -0.3 is 11.1 Å². The highest BCUT2D eigenvalue weighted by Crippen LogP contribution is 2.48. The lowest BCUT2D eigenvalue weighted by Crippen LogP contribution is -2.45. The van der Waals surface area contributed by atoms with Gasteiger partial charge in [0.15, 0.2) is 0 Å². The lowest BCUT2D eigenvalue weighted by molar-refractivity contribution is -0.123. The van der Waals surface area contributed by atoms with Crippen molar-refractivity contribution in [2.24, 2.45) is 17.1 Å². The van der Waals surface area contributed by atoms with Gasteiger partial charge in [0.25, 0.3) is 0 Å². The first-order valence-electron chi connectivity index (χ1n) is 6.04. The maximum Gasteiger partial charge on any atom is 0.237 e. The van der Waals surface area contributed by atoms with Crippen LogP contribution in [0.4, 0.5) is 0 Å². The van der Waals surface area contributed by atoms with Crippen molar-refractivity contribution in [3.05, 3.63) is 0 Å². The molecule has 0 saturated heterocycles. The minimum atomic E-state index is -0.359. The molecule has 1 saturated carbocycles. The molecule has 0 radical (unpaired) electrons. The van der Waals surface area contributed by atoms with Crippen molar-refractivity contribution in [3.63, 3.8) is 0 Å². The Morgan fingerprint density at radius 3 is 2.47 bits per heavy atom. The van der Waals surface area contributed by atoms with Crippen LogP contribution in [0.2, 0.25) is 0 Å². The van der Waals surface area contributed by atoms with Crippen LogP contribution in [0.25, 0.3) is 0 Å². The Kier molecular flexibility index (Phi) is 4.14. The highest BCUT2D eigenvalue weighted by Gasteiger charge is 2.41. The van der Waals surface area contributed by atoms with Crippen LogP contribution in [0, 0.1) is 11.3 Å². The fourth-order valence-corrected chi connectivity index (χ4v) is 1.92. The van der Waals surface area contributed by atoms with Crippen LogP contribution in [0.1, 0.15) is 46.5 Å². The molecule has 1 aliphatic rings. The molecular formula is C12H24N2O. The van der Waals surface area contributed by atoms with Gasteiger partial charge in [0, 0.05) is 6.54 Å². The largest absolute Gasteiger partial charge is 0.354 e. The highest BCUT2D eigenvalue weighted by atomic mass is 16.2. The predicted molar refractivity (Wildman–Crippen MR) is 62.4 cm³/mol. The number of nitrogens with two attached hydrogens (primary N) is 1. The summed E-state index contributed by atoms with van der Waals surface area (Å²) in [6.07, 6.45) is 4.95. The minimum absolute atomic E-state index is 0.00683. The SMILES string of the molecule is CCCC1(CNC(=O)[C@@H](N)C(C)C)CC1. The Morgan fingerprint density at radius 1 is 1.47 bits per heavy atom. The molecule has 1 amide bonds. The van der Waals surface area contributed by atoms with Gasteiger partial charge in [0.2, 0.25) is 5.91 Å². The zero-order chi connectivity index (χ0) is 11.5. The van der Waals surface area contributed by atoms with Gasteiger partial charge in [-0.05, 0) is 30.6 Å². The molecule has 88 valence electrons. The van der Waals surface area contributed by atoms with Crippen LogP contribution >= 0.6 is 0 Å². The first kappa shape index (κ1) is 12.5. The van der Waals surface area contributed by atoms with Crippen LogP contribution in [0.3, 0.4) is 0 Å². The molecule has 0 aromatic carbocycles. The van der Waals surface area contributed by atoms with Crippen molar-refractivity contribution in [2.75, 3.05) is 6.54 Å². The summed E-state index contributed by atoms with van der Waals surface area (Å²) in [5.41, 5.74) is 6.19. The van der Waals surface area contributed by atoms with E-state index in [4.69, 9.17) is 5.73 Å². The Hall–Kier alpha value is -0.570. The number of amides is 1. The number of rotatable bonds is 6. The third kappa shape index (κ3) is 3.49. The first-order valence-corrected chi connectivity index (χ1v) is 6.04. The molecule has 0 aromatic heterocycles. The standard InChI is InChI=1S/C12H24N2O/c1-4-5-12(6-7-12)8-14-11(15)10(13)9(2)3/h9-10H,4-8,13H2,1-3H3,(H,14,15)/t10-/m0/s1. The van der Waals surface area contributed by atoms with Crippen molar-refractivity contribution in [2.45, 2.75) is 52.5 Å². The summed E-state index contributed by atoms with van der Waals surface area (Å²) in [6, 6.07) is -0.359. The fraction of sp³-hybridized carbons (Fsp3) is 0.917. The molecule has 3 N–H and O–H groups in total. The van der Waals surface area contributed by atoms with Crippen molar-refractivity contribution < 1.29 is 4.79 Å². The van der Waals surface area contributed by atoms with E-state index in [0.717, 1.165) is 6.54 Å². The van der Waals surface area contributed by atoms with Gasteiger partial charge in [-0.25, -0.2) is 0 Å². The second-order valence-electron chi connectivity index (χ2n) is 5.24. The Balaban J connectivity index is 2.28. The van der Waals surface area contributed by atoms with Crippen LogP contribution in [-0.4, -0.2) is 18.5 Å². The first-order chi connectivity index (χ1) is 7.01. The van der Waals surface area contributed by atoms with E-state index in [1.54, 1.807) is 0 Å². The zero-order valence-electron chi connectivity index (χ0n) is 10.2. The third-order valence-corrected chi connectivity index (χ3v) is 3.40. The average Bonchev–Trinajstić information content (AvgIpc) is 2.94. The maximum atomic E-state index is 11.6. The molecule has 0 bridgehead atoms. The number of carbonyl (C=O) groups is 1. The van der Waals surface area contributed by atoms with E-state index in [-0.39, 0.29) is 17.9 Å². The maximum absolute atomic E-state index is 11.6. The van der Waals surface area contributed by atoms with Crippen molar-refractivity contribution in [1.82, 2.24) is 5.32 Å². The minimum Gasteiger partial charge on any atom is -0.354 e. The van der Waals surface area contributed by atoms with E-state index in [9.17, 15) is 4.79 Å². The second kappa shape index (κ2) is 4.97. The molecule has 1 fully saturated rings. The van der Waals surface area contributed by atoms with E-state index >= 15 is 0 Å². The van der Waals surface area contributed by atoms with Gasteiger partial charge >= 0.3 is 0 Å². The molecule has 3 nitrogen and oxygen atoms in total. The molecule has 15 heavy (non-hydrogen) atoms. The van der Waals surface area contributed by atoms with E-state index in [1.807, 2.05) is 13.8 Å². The Morgan fingerprint density at radius 2 is 2.07 bits per heavy atom. The topological polar surface area (TPSA) is 55.1 Å². The molecule has 0 unspecified atom stereocenters. The molecule has 1 aliphatic carbocycles. The summed E-state index contributed by atoms with van der Waals surface area (Å²) in [7, 11) is 0. The lowest BCUT2D eigenvalue weighted by Gasteiger charge is -2.19. The summed E-state index contributed by atoms with van der Waals surface area (Å²) in [5.74, 6) is 0.221. The molecule has 1 rings (SSSR count). The monoisotopic (exact) mass is 212 g/mol. The zero-order valence-corrected chi connectivity index (χ0v) is 10.2. The highest BCUT2D eigenvalue weighted by molar-refractivity contribution is 5.81. The molecular weight excluding hydrogens is 188 g/mol. The van der Waals surface area contributed by atoms with Crippen molar-refractivity contribution >= 4 is 5.91 Å². The van der Waals surface area contributed by atoms with Crippen molar-refractivity contribution in [1.29, 1.82) is 0 Å². The summed E-state index contributed by atoms with van der Waals surface area (Å²) < 4.78 is 0. The van der Waals surface area contributed by atoms with E-state index in [0.29, 0.717) is 5.41 Å². The summed E-state index contributed by atoms with van der Waals surface area (Å²) in [6.45, 7) is 6.97. The Labute approximate surface area is 92.8 Å². The van der Waals surface area contributed by atoms with E-state index in [1.165, 1.54) is 25.7 Å². The number of hydrogen-bond acceptors (Lipinski definition) is 2. The van der Waals surface area contributed by atoms with Crippen LogP contribution in [0.15, 0.2) is 0 Å². The van der Waals surface area contributed by atoms with Gasteiger partial charge in [-0.1, -0.05) is 27.2 Å². The summed E-state index contributed by atoms with van der Waals surface area (Å²) in [5, 5.41) is 2.99. The third-order valence-electron chi connectivity index (χ3n) is 3.40. The average molecular weight is 212 g/mol. The molecule has 3 heteroatoms. The molecule has 0 aromatic rings. The van der Waals surface area contributed by atoms with Crippen LogP contribution in [0.5, 0.6) is 0 Å². The van der Waals surface area contributed by atoms with Gasteiger partial charge in [0.1, 0.15) is 0 Å². The van der Waals surface area contributed by atoms with Crippen LogP contribution in [-0.2, 0) is 4.79 Å². The lowest BCUT2D eigenvalue weighted by atomic mass is 10.00. The number of nitrogens with one attached hydrogen (secondary N) is 1.